The van der Waals surface area contributed by atoms with Crippen molar-refractivity contribution in [2.24, 2.45) is 0 Å². The third-order valence-electron chi connectivity index (χ3n) is 4.39. The summed E-state index contributed by atoms with van der Waals surface area (Å²) in [5, 5.41) is -0.170. The zero-order chi connectivity index (χ0) is 19.1. The molecular formula is C21H27NO3S. The molecule has 0 N–H and O–H groups in total. The lowest BCUT2D eigenvalue weighted by atomic mass is 10.1. The van der Waals surface area contributed by atoms with Crippen molar-refractivity contribution >= 4 is 17.7 Å². The first-order valence-electron chi connectivity index (χ1n) is 8.75. The SMILES string of the molecule is CCN(C(=O)C(C)Sc1ccc(OC)cc1)C(C)c1cccc(OC)c1. The number of methoxy groups -OCH3 is 2. The van der Waals surface area contributed by atoms with Crippen LogP contribution in [-0.2, 0) is 4.79 Å². The van der Waals surface area contributed by atoms with E-state index in [1.165, 1.54) is 0 Å². The number of carbonyl (C=O) groups is 1. The van der Waals surface area contributed by atoms with E-state index in [2.05, 4.69) is 6.92 Å². The summed E-state index contributed by atoms with van der Waals surface area (Å²) in [6.45, 7) is 6.68. The maximum Gasteiger partial charge on any atom is 0.236 e. The minimum absolute atomic E-state index is 0.0125. The van der Waals surface area contributed by atoms with E-state index in [9.17, 15) is 4.79 Å². The van der Waals surface area contributed by atoms with Crippen molar-refractivity contribution in [2.45, 2.75) is 37.0 Å². The molecule has 0 heterocycles. The molecule has 0 aliphatic rings. The molecule has 4 nitrogen and oxygen atoms in total. The molecule has 0 bridgehead atoms. The summed E-state index contributed by atoms with van der Waals surface area (Å²) in [6.07, 6.45) is 0. The van der Waals surface area contributed by atoms with Gasteiger partial charge in [-0.2, -0.15) is 0 Å². The molecule has 0 fully saturated rings. The van der Waals surface area contributed by atoms with E-state index in [-0.39, 0.29) is 17.2 Å². The predicted molar refractivity (Wildman–Crippen MR) is 107 cm³/mol. The second-order valence-electron chi connectivity index (χ2n) is 6.01. The quantitative estimate of drug-likeness (QED) is 0.624. The first-order valence-corrected chi connectivity index (χ1v) is 9.63. The molecule has 26 heavy (non-hydrogen) atoms. The van der Waals surface area contributed by atoms with Crippen molar-refractivity contribution in [3.63, 3.8) is 0 Å². The van der Waals surface area contributed by atoms with Gasteiger partial charge in [0.1, 0.15) is 11.5 Å². The van der Waals surface area contributed by atoms with E-state index < -0.39 is 0 Å². The second kappa shape index (κ2) is 9.53. The third-order valence-corrected chi connectivity index (χ3v) is 5.49. The molecule has 0 saturated heterocycles. The molecular weight excluding hydrogens is 346 g/mol. The Bertz CT molecular complexity index is 717. The van der Waals surface area contributed by atoms with Crippen LogP contribution in [0, 0.1) is 0 Å². The molecule has 1 amide bonds. The Morgan fingerprint density at radius 2 is 1.69 bits per heavy atom. The molecule has 2 atom stereocenters. The summed E-state index contributed by atoms with van der Waals surface area (Å²) >= 11 is 1.56. The lowest BCUT2D eigenvalue weighted by Gasteiger charge is -2.31. The number of carbonyl (C=O) groups excluding carboxylic acids is 1. The van der Waals surface area contributed by atoms with E-state index in [0.29, 0.717) is 6.54 Å². The Morgan fingerprint density at radius 1 is 1.04 bits per heavy atom. The highest BCUT2D eigenvalue weighted by molar-refractivity contribution is 8.00. The average Bonchev–Trinajstić information content (AvgIpc) is 2.68. The highest BCUT2D eigenvalue weighted by atomic mass is 32.2. The van der Waals surface area contributed by atoms with Crippen LogP contribution in [0.4, 0.5) is 0 Å². The predicted octanol–water partition coefficient (Wildman–Crippen LogP) is 4.79. The van der Waals surface area contributed by atoms with Crippen LogP contribution < -0.4 is 9.47 Å². The van der Waals surface area contributed by atoms with Gasteiger partial charge in [-0.05, 0) is 62.7 Å². The summed E-state index contributed by atoms with van der Waals surface area (Å²) in [5.41, 5.74) is 1.07. The van der Waals surface area contributed by atoms with Crippen LogP contribution in [0.3, 0.4) is 0 Å². The smallest absolute Gasteiger partial charge is 0.236 e. The second-order valence-corrected chi connectivity index (χ2v) is 7.43. The van der Waals surface area contributed by atoms with Gasteiger partial charge in [0.25, 0.3) is 0 Å². The van der Waals surface area contributed by atoms with Crippen LogP contribution in [0.15, 0.2) is 53.4 Å². The Hall–Kier alpha value is -2.14. The fraction of sp³-hybridized carbons (Fsp3) is 0.381. The van der Waals surface area contributed by atoms with Crippen LogP contribution in [0.5, 0.6) is 11.5 Å². The molecule has 0 saturated carbocycles. The standard InChI is InChI=1S/C21H27NO3S/c1-6-22(15(2)17-8-7-9-19(14-17)25-5)21(23)16(3)26-20-12-10-18(24-4)11-13-20/h7-16H,6H2,1-5H3. The fourth-order valence-electron chi connectivity index (χ4n) is 2.84. The largest absolute Gasteiger partial charge is 0.497 e. The highest BCUT2D eigenvalue weighted by Gasteiger charge is 2.25. The van der Waals surface area contributed by atoms with Gasteiger partial charge in [0, 0.05) is 11.4 Å². The molecule has 2 rings (SSSR count). The third kappa shape index (κ3) is 4.94. The van der Waals surface area contributed by atoms with E-state index >= 15 is 0 Å². The van der Waals surface area contributed by atoms with Gasteiger partial charge in [0.05, 0.1) is 25.5 Å². The van der Waals surface area contributed by atoms with Crippen molar-refractivity contribution < 1.29 is 14.3 Å². The van der Waals surface area contributed by atoms with Crippen LogP contribution in [0.2, 0.25) is 0 Å². The van der Waals surface area contributed by atoms with Crippen LogP contribution in [0.25, 0.3) is 0 Å². The molecule has 0 aromatic heterocycles. The highest BCUT2D eigenvalue weighted by Crippen LogP contribution is 2.30. The maximum absolute atomic E-state index is 13.0. The first kappa shape index (κ1) is 20.2. The van der Waals surface area contributed by atoms with Crippen LogP contribution in [-0.4, -0.2) is 36.8 Å². The van der Waals surface area contributed by atoms with Gasteiger partial charge < -0.3 is 14.4 Å². The Labute approximate surface area is 160 Å². The van der Waals surface area contributed by atoms with Crippen molar-refractivity contribution in [1.29, 1.82) is 0 Å². The first-order chi connectivity index (χ1) is 12.5. The summed E-state index contributed by atoms with van der Waals surface area (Å²) in [6, 6.07) is 15.7. The van der Waals surface area contributed by atoms with Crippen LogP contribution in [0.1, 0.15) is 32.4 Å². The van der Waals surface area contributed by atoms with Crippen molar-refractivity contribution in [3.8, 4) is 11.5 Å². The minimum Gasteiger partial charge on any atom is -0.497 e. The number of hydrogen-bond donors (Lipinski definition) is 0. The van der Waals surface area contributed by atoms with Gasteiger partial charge in [0.15, 0.2) is 0 Å². The molecule has 2 aromatic carbocycles. The zero-order valence-electron chi connectivity index (χ0n) is 16.1. The number of rotatable bonds is 8. The Balaban J connectivity index is 2.10. The number of thioether (sulfide) groups is 1. The number of hydrogen-bond acceptors (Lipinski definition) is 4. The van der Waals surface area contributed by atoms with E-state index in [4.69, 9.17) is 9.47 Å². The normalized spacial score (nSPS) is 13.0. The zero-order valence-corrected chi connectivity index (χ0v) is 16.9. The Kier molecular flexibility index (Phi) is 7.39. The molecule has 0 aliphatic heterocycles. The summed E-state index contributed by atoms with van der Waals surface area (Å²) in [5.74, 6) is 1.75. The van der Waals surface area contributed by atoms with E-state index in [1.807, 2.05) is 67.3 Å². The molecule has 2 unspecified atom stereocenters. The molecule has 140 valence electrons. The van der Waals surface area contributed by atoms with E-state index in [1.54, 1.807) is 26.0 Å². The molecule has 5 heteroatoms. The van der Waals surface area contributed by atoms with Crippen LogP contribution >= 0.6 is 11.8 Å². The number of nitrogens with zero attached hydrogens (tertiary/aromatic N) is 1. The minimum atomic E-state index is -0.170. The number of benzene rings is 2. The van der Waals surface area contributed by atoms with Crippen molar-refractivity contribution in [1.82, 2.24) is 4.90 Å². The summed E-state index contributed by atoms with van der Waals surface area (Å²) in [7, 11) is 3.30. The molecule has 0 aliphatic carbocycles. The molecule has 2 aromatic rings. The van der Waals surface area contributed by atoms with E-state index in [0.717, 1.165) is 22.0 Å². The summed E-state index contributed by atoms with van der Waals surface area (Å²) < 4.78 is 10.5. The Morgan fingerprint density at radius 3 is 2.27 bits per heavy atom. The topological polar surface area (TPSA) is 38.8 Å². The van der Waals surface area contributed by atoms with Crippen molar-refractivity contribution in [2.75, 3.05) is 20.8 Å². The van der Waals surface area contributed by atoms with Gasteiger partial charge in [-0.3, -0.25) is 4.79 Å². The van der Waals surface area contributed by atoms with Gasteiger partial charge in [-0.15, -0.1) is 11.8 Å². The summed E-state index contributed by atoms with van der Waals surface area (Å²) in [4.78, 5) is 16.0. The average molecular weight is 374 g/mol. The maximum atomic E-state index is 13.0. The lowest BCUT2D eigenvalue weighted by Crippen LogP contribution is -2.38. The molecule has 0 spiro atoms. The number of amides is 1. The van der Waals surface area contributed by atoms with Gasteiger partial charge in [-0.25, -0.2) is 0 Å². The van der Waals surface area contributed by atoms with Gasteiger partial charge in [-0.1, -0.05) is 12.1 Å². The molecule has 0 radical (unpaired) electrons. The monoisotopic (exact) mass is 373 g/mol. The van der Waals surface area contributed by atoms with Crippen molar-refractivity contribution in [3.05, 3.63) is 54.1 Å². The number of ether oxygens (including phenoxy) is 2. The fourth-order valence-corrected chi connectivity index (χ4v) is 3.78. The van der Waals surface area contributed by atoms with Gasteiger partial charge >= 0.3 is 0 Å². The van der Waals surface area contributed by atoms with Gasteiger partial charge in [0.2, 0.25) is 5.91 Å². The lowest BCUT2D eigenvalue weighted by molar-refractivity contribution is -0.132.